The Kier molecular flexibility index (Phi) is 10.1. The third-order valence-corrected chi connectivity index (χ3v) is 8.00. The predicted molar refractivity (Wildman–Crippen MR) is 158 cm³/mol. The molecule has 0 bridgehead atoms. The molecule has 1 fully saturated rings. The van der Waals surface area contributed by atoms with Gasteiger partial charge in [0.15, 0.2) is 28.9 Å². The van der Waals surface area contributed by atoms with Gasteiger partial charge in [-0.15, -0.1) is 0 Å². The van der Waals surface area contributed by atoms with E-state index in [2.05, 4.69) is 25.3 Å². The van der Waals surface area contributed by atoms with Crippen LogP contribution in [0.15, 0.2) is 48.0 Å². The quantitative estimate of drug-likeness (QED) is 0.167. The lowest BCUT2D eigenvalue weighted by Gasteiger charge is -2.24. The van der Waals surface area contributed by atoms with E-state index in [9.17, 15) is 19.3 Å². The van der Waals surface area contributed by atoms with Crippen molar-refractivity contribution >= 4 is 42.4 Å². The van der Waals surface area contributed by atoms with Gasteiger partial charge >= 0.3 is 13.6 Å². The highest BCUT2D eigenvalue weighted by molar-refractivity contribution is 7.70. The molecule has 1 aliphatic heterocycles. The number of alkyl halides is 1. The van der Waals surface area contributed by atoms with Crippen LogP contribution in [0.4, 0.5) is 10.2 Å². The van der Waals surface area contributed by atoms with Crippen molar-refractivity contribution in [1.29, 1.82) is 0 Å². The maximum Gasteiger partial charge on any atom is 0.421 e. The molecule has 1 saturated heterocycles. The van der Waals surface area contributed by atoms with Crippen molar-refractivity contribution in [3.05, 3.63) is 43.0 Å². The van der Waals surface area contributed by atoms with Crippen molar-refractivity contribution in [1.82, 2.24) is 19.5 Å². The summed E-state index contributed by atoms with van der Waals surface area (Å²) in [6.45, 7) is 8.82. The van der Waals surface area contributed by atoms with Gasteiger partial charge in [-0.3, -0.25) is 18.9 Å². The number of rotatable bonds is 12. The van der Waals surface area contributed by atoms with Crippen molar-refractivity contribution in [3.8, 4) is 5.75 Å². The lowest BCUT2D eigenvalue weighted by Crippen LogP contribution is -2.40. The van der Waals surface area contributed by atoms with Crippen LogP contribution in [0.25, 0.3) is 11.2 Å². The number of aliphatic imine (C=N–C) groups is 1. The van der Waals surface area contributed by atoms with Crippen molar-refractivity contribution in [2.75, 3.05) is 11.9 Å². The van der Waals surface area contributed by atoms with Gasteiger partial charge in [-0.1, -0.05) is 32.0 Å². The van der Waals surface area contributed by atoms with Gasteiger partial charge in [0.2, 0.25) is 5.91 Å². The first kappa shape index (κ1) is 33.1. The average Bonchev–Trinajstić information content (AvgIpc) is 3.49. The lowest BCUT2D eigenvalue weighted by atomic mass is 9.98. The Morgan fingerprint density at radius 2 is 1.91 bits per heavy atom. The fourth-order valence-corrected chi connectivity index (χ4v) is 5.49. The van der Waals surface area contributed by atoms with Gasteiger partial charge in [-0.25, -0.2) is 28.7 Å². The molecular formula is C28H36FN6O8P. The molecule has 2 N–H and O–H groups in total. The van der Waals surface area contributed by atoms with Gasteiger partial charge in [0.1, 0.15) is 36.3 Å². The smallest absolute Gasteiger partial charge is 0.421 e. The topological polar surface area (TPSA) is 176 Å². The molecule has 238 valence electrons. The fraction of sp³-hybridized carbons (Fsp3) is 0.500. The highest BCUT2D eigenvalue weighted by atomic mass is 31.2. The number of ether oxygens (including phenoxy) is 2. The molecule has 0 spiro atoms. The minimum atomic E-state index is -4.23. The number of aliphatic hydroxyl groups is 1. The molecule has 14 nitrogen and oxygen atoms in total. The van der Waals surface area contributed by atoms with Crippen molar-refractivity contribution < 1.29 is 42.2 Å². The summed E-state index contributed by atoms with van der Waals surface area (Å²) in [6.07, 6.45) is -2.43. The molecule has 0 unspecified atom stereocenters. The number of hydrogen-bond acceptors (Lipinski definition) is 12. The van der Waals surface area contributed by atoms with E-state index in [0.717, 1.165) is 12.9 Å². The second kappa shape index (κ2) is 13.5. The molecule has 6 atom stereocenters. The third kappa shape index (κ3) is 7.46. The Morgan fingerprint density at radius 1 is 1.20 bits per heavy atom. The molecule has 16 heteroatoms. The van der Waals surface area contributed by atoms with E-state index in [-0.39, 0.29) is 40.7 Å². The summed E-state index contributed by atoms with van der Waals surface area (Å²) in [5.41, 5.74) is -2.05. The molecule has 3 heterocycles. The average molecular weight is 635 g/mol. The van der Waals surface area contributed by atoms with E-state index in [1.165, 1.54) is 24.1 Å². The first-order valence-electron chi connectivity index (χ1n) is 14.0. The summed E-state index contributed by atoms with van der Waals surface area (Å²) in [5.74, 6) is -0.0587. The summed E-state index contributed by atoms with van der Waals surface area (Å²) < 4.78 is 53.4. The van der Waals surface area contributed by atoms with Gasteiger partial charge in [0.25, 0.3) is 0 Å². The van der Waals surface area contributed by atoms with Gasteiger partial charge in [0, 0.05) is 5.92 Å². The zero-order chi connectivity index (χ0) is 32.2. The Labute approximate surface area is 253 Å². The first-order valence-corrected chi connectivity index (χ1v) is 15.6. The summed E-state index contributed by atoms with van der Waals surface area (Å²) in [7, 11) is -4.23. The number of carbonyl (C=O) groups excluding carboxylic acids is 2. The van der Waals surface area contributed by atoms with Crippen LogP contribution in [0.2, 0.25) is 0 Å². The van der Waals surface area contributed by atoms with Crippen molar-refractivity contribution in [2.45, 2.75) is 77.8 Å². The number of halogens is 1. The second-order valence-corrected chi connectivity index (χ2v) is 12.7. The summed E-state index contributed by atoms with van der Waals surface area (Å²) in [4.78, 5) is 41.0. The molecule has 0 saturated carbocycles. The number of amides is 1. The zero-order valence-corrected chi connectivity index (χ0v) is 26.1. The SMILES string of the molecule is CC(C)OC(=O)[C@H](C)N=C[P@](=O)(OC[C@H]1O[C@@H](n2cnc3c(NC(=O)C(C)C)ncnc32)[C@](C)(F)[C@@H]1O)Oc1ccccc1. The number of nitrogens with zero attached hydrogens (tertiary/aromatic N) is 5. The third-order valence-electron chi connectivity index (χ3n) is 6.61. The standard InChI is InChI=1S/C28H36FN6O8P/c1-16(2)25(37)34-23-21-24(31-13-30-23)35(14-32-21)27-28(6,29)22(36)20(42-27)12-40-44(39,43-19-10-8-7-9-11-19)15-33-18(5)26(38)41-17(3)4/h7-11,13-18,20,22,27,36H,12H2,1-6H3,(H,30,31,34,37)/t18-,20+,22+,27+,28+,44-/m0/s1. The molecule has 0 radical (unpaired) electrons. The normalized spacial score (nSPS) is 24.1. The Hall–Kier alpha value is -3.78. The van der Waals surface area contributed by atoms with Crippen LogP contribution in [-0.2, 0) is 28.2 Å². The molecule has 4 rings (SSSR count). The minimum absolute atomic E-state index is 0.135. The monoisotopic (exact) mass is 634 g/mol. The van der Waals surface area contributed by atoms with E-state index in [4.69, 9.17) is 18.5 Å². The number of imidazole rings is 1. The summed E-state index contributed by atoms with van der Waals surface area (Å²) in [6, 6.07) is 7.10. The second-order valence-electron chi connectivity index (χ2n) is 11.0. The van der Waals surface area contributed by atoms with Gasteiger partial charge in [0.05, 0.1) is 19.0 Å². The van der Waals surface area contributed by atoms with Crippen LogP contribution >= 0.6 is 7.60 Å². The van der Waals surface area contributed by atoms with E-state index >= 15 is 4.39 Å². The Morgan fingerprint density at radius 3 is 2.57 bits per heavy atom. The van der Waals surface area contributed by atoms with Crippen LogP contribution < -0.4 is 9.84 Å². The maximum atomic E-state index is 16.1. The molecule has 1 aromatic carbocycles. The van der Waals surface area contributed by atoms with Gasteiger partial charge in [-0.2, -0.15) is 0 Å². The van der Waals surface area contributed by atoms with Crippen LogP contribution in [-0.4, -0.2) is 79.1 Å². The number of anilines is 1. The highest BCUT2D eigenvalue weighted by Gasteiger charge is 2.56. The lowest BCUT2D eigenvalue weighted by molar-refractivity contribution is -0.148. The molecule has 2 aromatic heterocycles. The number of carbonyl (C=O) groups is 2. The molecular weight excluding hydrogens is 598 g/mol. The van der Waals surface area contributed by atoms with E-state index in [1.807, 2.05) is 0 Å². The zero-order valence-electron chi connectivity index (χ0n) is 25.2. The number of fused-ring (bicyclic) bond motifs is 1. The van der Waals surface area contributed by atoms with Crippen LogP contribution in [0.3, 0.4) is 0 Å². The van der Waals surface area contributed by atoms with Crippen LogP contribution in [0.5, 0.6) is 5.75 Å². The van der Waals surface area contributed by atoms with E-state index < -0.39 is 50.3 Å². The van der Waals surface area contributed by atoms with Gasteiger partial charge in [-0.05, 0) is 39.8 Å². The molecule has 44 heavy (non-hydrogen) atoms. The van der Waals surface area contributed by atoms with Crippen molar-refractivity contribution in [3.63, 3.8) is 0 Å². The maximum absolute atomic E-state index is 16.1. The summed E-state index contributed by atoms with van der Waals surface area (Å²) >= 11 is 0. The van der Waals surface area contributed by atoms with Crippen LogP contribution in [0.1, 0.15) is 47.8 Å². The van der Waals surface area contributed by atoms with Crippen LogP contribution in [0, 0.1) is 5.92 Å². The number of aliphatic hydroxyl groups excluding tert-OH is 1. The van der Waals surface area contributed by atoms with E-state index in [1.54, 1.807) is 58.0 Å². The molecule has 3 aromatic rings. The minimum Gasteiger partial charge on any atom is -0.461 e. The largest absolute Gasteiger partial charge is 0.461 e. The Bertz CT molecular complexity index is 1550. The fourth-order valence-electron chi connectivity index (χ4n) is 4.19. The number of nitrogens with one attached hydrogen (secondary N) is 1. The first-order chi connectivity index (χ1) is 20.7. The Balaban J connectivity index is 1.55. The van der Waals surface area contributed by atoms with Gasteiger partial charge < -0.3 is 24.4 Å². The van der Waals surface area contributed by atoms with Crippen molar-refractivity contribution in [2.24, 2.45) is 10.9 Å². The number of esters is 1. The summed E-state index contributed by atoms with van der Waals surface area (Å²) in [5, 5.41) is 13.6. The molecule has 1 aliphatic rings. The van der Waals surface area contributed by atoms with E-state index in [0.29, 0.717) is 0 Å². The molecule has 0 aliphatic carbocycles. The molecule has 1 amide bonds. The highest BCUT2D eigenvalue weighted by Crippen LogP contribution is 2.48. The number of benzene rings is 1. The number of para-hydroxylation sites is 1. The number of hydrogen-bond donors (Lipinski definition) is 2. The predicted octanol–water partition coefficient (Wildman–Crippen LogP) is 4.06. The number of aromatic nitrogens is 4.